The highest BCUT2D eigenvalue weighted by atomic mass is 16.5. The normalized spacial score (nSPS) is 15.1. The van der Waals surface area contributed by atoms with Gasteiger partial charge in [0.15, 0.2) is 17.5 Å². The number of fused-ring (bicyclic) bond motifs is 3. The summed E-state index contributed by atoms with van der Waals surface area (Å²) in [5.74, 6) is 1.68. The number of anilines is 1. The van der Waals surface area contributed by atoms with Gasteiger partial charge in [0.05, 0.1) is 11.8 Å². The predicted molar refractivity (Wildman–Crippen MR) is 153 cm³/mol. The largest absolute Gasteiger partial charge is 0.491 e. The molecule has 4 heterocycles. The lowest BCUT2D eigenvalue weighted by Gasteiger charge is -2.34. The third-order valence-electron chi connectivity index (χ3n) is 7.46. The number of hydrogen-bond acceptors (Lipinski definition) is 8. The van der Waals surface area contributed by atoms with Crippen molar-refractivity contribution >= 4 is 11.7 Å². The van der Waals surface area contributed by atoms with Gasteiger partial charge in [-0.25, -0.2) is 15.0 Å². The first-order chi connectivity index (χ1) is 19.4. The highest BCUT2D eigenvalue weighted by Gasteiger charge is 2.27. The smallest absolute Gasteiger partial charge is 0.274 e. The molecular formula is C30H34N8O2. The third kappa shape index (κ3) is 5.40. The Morgan fingerprint density at radius 3 is 2.65 bits per heavy atom. The van der Waals surface area contributed by atoms with Gasteiger partial charge in [-0.3, -0.25) is 14.7 Å². The fourth-order valence-electron chi connectivity index (χ4n) is 5.37. The van der Waals surface area contributed by atoms with Gasteiger partial charge in [-0.05, 0) is 68.1 Å². The van der Waals surface area contributed by atoms with Crippen molar-refractivity contribution in [2.24, 2.45) is 0 Å². The van der Waals surface area contributed by atoms with Crippen LogP contribution in [0.3, 0.4) is 0 Å². The molecule has 0 atom stereocenters. The molecule has 6 rings (SSSR count). The number of aryl methyl sites for hydroxylation is 2. The van der Waals surface area contributed by atoms with Crippen LogP contribution < -0.4 is 10.5 Å². The van der Waals surface area contributed by atoms with Crippen molar-refractivity contribution in [3.05, 3.63) is 71.3 Å². The van der Waals surface area contributed by atoms with Crippen LogP contribution in [0.25, 0.3) is 22.9 Å². The van der Waals surface area contributed by atoms with Crippen molar-refractivity contribution in [2.45, 2.75) is 39.2 Å². The average molecular weight is 539 g/mol. The van der Waals surface area contributed by atoms with Gasteiger partial charge in [0.25, 0.3) is 5.91 Å². The lowest BCUT2D eigenvalue weighted by molar-refractivity contribution is 0.0634. The lowest BCUT2D eigenvalue weighted by Crippen LogP contribution is -2.49. The van der Waals surface area contributed by atoms with E-state index in [4.69, 9.17) is 15.5 Å². The number of benzene rings is 1. The maximum atomic E-state index is 13.3. The van der Waals surface area contributed by atoms with Crippen LogP contribution in [-0.4, -0.2) is 79.5 Å². The number of carbonyl (C=O) groups is 1. The summed E-state index contributed by atoms with van der Waals surface area (Å²) in [4.78, 5) is 38.9. The molecule has 1 saturated heterocycles. The van der Waals surface area contributed by atoms with Crippen LogP contribution in [0.1, 0.15) is 41.2 Å². The Balaban J connectivity index is 1.15. The molecule has 1 aliphatic carbocycles. The fourth-order valence-corrected chi connectivity index (χ4v) is 5.37. The SMILES string of the molecule is CC(C)Oc1ccc2c(c1)CCc1cnc(-c3nc(N)c(C(=O)N4CCN(CCc5ccccn5)CC4)[nH]3)nc1-2. The Kier molecular flexibility index (Phi) is 7.17. The number of rotatable bonds is 7. The van der Waals surface area contributed by atoms with Gasteiger partial charge in [0.2, 0.25) is 0 Å². The number of hydrogen-bond donors (Lipinski definition) is 2. The molecule has 206 valence electrons. The number of piperazine rings is 1. The lowest BCUT2D eigenvalue weighted by atomic mass is 9.89. The number of aromatic amines is 1. The van der Waals surface area contributed by atoms with Crippen molar-refractivity contribution in [1.29, 1.82) is 0 Å². The maximum absolute atomic E-state index is 13.3. The number of imidazole rings is 1. The highest BCUT2D eigenvalue weighted by Crippen LogP contribution is 2.35. The molecule has 3 aromatic heterocycles. The summed E-state index contributed by atoms with van der Waals surface area (Å²) in [7, 11) is 0. The van der Waals surface area contributed by atoms with Crippen LogP contribution in [0.2, 0.25) is 0 Å². The second kappa shape index (κ2) is 11.1. The molecule has 1 amide bonds. The van der Waals surface area contributed by atoms with Crippen LogP contribution in [0.4, 0.5) is 5.82 Å². The second-order valence-electron chi connectivity index (χ2n) is 10.6. The van der Waals surface area contributed by atoms with E-state index in [0.717, 1.165) is 67.2 Å². The molecule has 0 bridgehead atoms. The number of amides is 1. The quantitative estimate of drug-likeness (QED) is 0.367. The van der Waals surface area contributed by atoms with Gasteiger partial charge in [-0.2, -0.15) is 0 Å². The number of ether oxygens (including phenoxy) is 1. The Morgan fingerprint density at radius 1 is 1.05 bits per heavy atom. The number of pyridine rings is 1. The maximum Gasteiger partial charge on any atom is 0.274 e. The topological polar surface area (TPSA) is 126 Å². The Bertz CT molecular complexity index is 1510. The van der Waals surface area contributed by atoms with E-state index >= 15 is 0 Å². The van der Waals surface area contributed by atoms with E-state index in [2.05, 4.69) is 37.0 Å². The van der Waals surface area contributed by atoms with Gasteiger partial charge in [-0.1, -0.05) is 6.07 Å². The first-order valence-electron chi connectivity index (χ1n) is 13.9. The second-order valence-corrected chi connectivity index (χ2v) is 10.6. The molecule has 1 aromatic carbocycles. The number of nitrogens with two attached hydrogens (primary N) is 1. The molecular weight excluding hydrogens is 504 g/mol. The molecule has 3 N–H and O–H groups in total. The zero-order valence-corrected chi connectivity index (χ0v) is 22.9. The van der Waals surface area contributed by atoms with Crippen LogP contribution in [0.15, 0.2) is 48.8 Å². The van der Waals surface area contributed by atoms with Crippen molar-refractivity contribution in [2.75, 3.05) is 38.5 Å². The molecule has 1 fully saturated rings. The zero-order chi connectivity index (χ0) is 27.6. The number of carbonyl (C=O) groups excluding carboxylic acids is 1. The molecule has 0 spiro atoms. The summed E-state index contributed by atoms with van der Waals surface area (Å²) in [6.45, 7) is 7.82. The molecule has 0 saturated carbocycles. The van der Waals surface area contributed by atoms with Gasteiger partial charge in [0.1, 0.15) is 11.4 Å². The first-order valence-corrected chi connectivity index (χ1v) is 13.9. The van der Waals surface area contributed by atoms with E-state index < -0.39 is 0 Å². The Hall–Kier alpha value is -4.31. The molecule has 1 aliphatic heterocycles. The van der Waals surface area contributed by atoms with Crippen LogP contribution in [0.5, 0.6) is 5.75 Å². The summed E-state index contributed by atoms with van der Waals surface area (Å²) in [5.41, 5.74) is 11.8. The van der Waals surface area contributed by atoms with Crippen molar-refractivity contribution < 1.29 is 9.53 Å². The van der Waals surface area contributed by atoms with E-state index in [1.165, 1.54) is 5.56 Å². The van der Waals surface area contributed by atoms with Crippen molar-refractivity contribution in [1.82, 2.24) is 34.7 Å². The summed E-state index contributed by atoms with van der Waals surface area (Å²) in [6.07, 6.45) is 6.44. The summed E-state index contributed by atoms with van der Waals surface area (Å²) >= 11 is 0. The van der Waals surface area contributed by atoms with Crippen molar-refractivity contribution in [3.8, 4) is 28.7 Å². The number of H-pyrrole nitrogens is 1. The van der Waals surface area contributed by atoms with Gasteiger partial charge in [-0.15, -0.1) is 0 Å². The minimum Gasteiger partial charge on any atom is -0.491 e. The molecule has 4 aromatic rings. The van der Waals surface area contributed by atoms with Crippen LogP contribution in [0, 0.1) is 0 Å². The third-order valence-corrected chi connectivity index (χ3v) is 7.46. The number of nitrogens with one attached hydrogen (secondary N) is 1. The van der Waals surface area contributed by atoms with E-state index in [0.29, 0.717) is 24.7 Å². The molecule has 10 heteroatoms. The predicted octanol–water partition coefficient (Wildman–Crippen LogP) is 3.40. The molecule has 40 heavy (non-hydrogen) atoms. The highest BCUT2D eigenvalue weighted by molar-refractivity contribution is 5.97. The van der Waals surface area contributed by atoms with Crippen LogP contribution >= 0.6 is 0 Å². The molecule has 10 nitrogen and oxygen atoms in total. The van der Waals surface area contributed by atoms with E-state index in [1.807, 2.05) is 55.4 Å². The Labute approximate surface area is 233 Å². The number of aromatic nitrogens is 5. The minimum absolute atomic E-state index is 0.116. The minimum atomic E-state index is -0.151. The fraction of sp³-hybridized carbons (Fsp3) is 0.367. The summed E-state index contributed by atoms with van der Waals surface area (Å²) in [5, 5.41) is 0. The Morgan fingerprint density at radius 2 is 1.88 bits per heavy atom. The van der Waals surface area contributed by atoms with Crippen molar-refractivity contribution in [3.63, 3.8) is 0 Å². The molecule has 2 aliphatic rings. The summed E-state index contributed by atoms with van der Waals surface area (Å²) in [6, 6.07) is 12.1. The number of nitrogen functional groups attached to an aromatic ring is 1. The first kappa shape index (κ1) is 25.9. The number of nitrogens with zero attached hydrogens (tertiary/aromatic N) is 6. The monoisotopic (exact) mass is 538 g/mol. The standard InChI is InChI=1S/C30H34N8O2/c1-19(2)40-23-8-9-24-20(17-23)6-7-21-18-33-28(34-25(21)24)29-35-26(27(31)36-29)30(39)38-15-13-37(14-16-38)12-10-22-5-3-4-11-32-22/h3-5,8-9,11,17-19H,6-7,10,12-16,31H2,1-2H3,(H,35,36). The van der Waals surface area contributed by atoms with Gasteiger partial charge < -0.3 is 20.4 Å². The summed E-state index contributed by atoms with van der Waals surface area (Å²) < 4.78 is 5.88. The molecule has 0 radical (unpaired) electrons. The van der Waals surface area contributed by atoms with Crippen LogP contribution in [-0.2, 0) is 19.3 Å². The van der Waals surface area contributed by atoms with Gasteiger partial charge >= 0.3 is 0 Å². The van der Waals surface area contributed by atoms with E-state index in [-0.39, 0.29) is 23.5 Å². The average Bonchev–Trinajstić information content (AvgIpc) is 3.37. The zero-order valence-electron chi connectivity index (χ0n) is 22.9. The van der Waals surface area contributed by atoms with Gasteiger partial charge in [0, 0.05) is 62.8 Å². The van der Waals surface area contributed by atoms with E-state index in [9.17, 15) is 4.79 Å². The van der Waals surface area contributed by atoms with E-state index in [1.54, 1.807) is 0 Å². The molecule has 0 unspecified atom stereocenters.